The summed E-state index contributed by atoms with van der Waals surface area (Å²) >= 11 is 7.69. The van der Waals surface area contributed by atoms with E-state index in [0.29, 0.717) is 5.15 Å². The van der Waals surface area contributed by atoms with Crippen molar-refractivity contribution in [2.75, 3.05) is 6.54 Å². The van der Waals surface area contributed by atoms with Crippen LogP contribution in [0.3, 0.4) is 0 Å². The van der Waals surface area contributed by atoms with Crippen LogP contribution >= 0.6 is 22.9 Å². The zero-order valence-corrected chi connectivity index (χ0v) is 17.6. The van der Waals surface area contributed by atoms with Gasteiger partial charge in [0.2, 0.25) is 0 Å². The Kier molecular flexibility index (Phi) is 4.64. The zero-order valence-electron chi connectivity index (χ0n) is 16.0. The molecule has 0 radical (unpaired) electrons. The lowest BCUT2D eigenvalue weighted by Gasteiger charge is -2.36. The van der Waals surface area contributed by atoms with Gasteiger partial charge in [-0.15, -0.1) is 11.3 Å². The van der Waals surface area contributed by atoms with Crippen LogP contribution in [0.5, 0.6) is 0 Å². The Morgan fingerprint density at radius 1 is 1.24 bits per heavy atom. The number of benzene rings is 1. The fourth-order valence-corrected chi connectivity index (χ4v) is 5.43. The van der Waals surface area contributed by atoms with Crippen molar-refractivity contribution in [2.45, 2.75) is 18.9 Å². The lowest BCUT2D eigenvalue weighted by molar-refractivity contribution is 0.0666. The van der Waals surface area contributed by atoms with Gasteiger partial charge in [0.1, 0.15) is 5.15 Å². The van der Waals surface area contributed by atoms with Crippen LogP contribution in [0.25, 0.3) is 10.9 Å². The van der Waals surface area contributed by atoms with Crippen molar-refractivity contribution >= 4 is 39.7 Å². The van der Waals surface area contributed by atoms with E-state index in [0.717, 1.165) is 41.4 Å². The van der Waals surface area contributed by atoms with Crippen molar-refractivity contribution in [1.82, 2.24) is 14.5 Å². The van der Waals surface area contributed by atoms with Crippen molar-refractivity contribution in [1.29, 1.82) is 0 Å². The number of hydrogen-bond donors (Lipinski definition) is 0. The molecule has 3 aromatic heterocycles. The molecule has 0 spiro atoms. The van der Waals surface area contributed by atoms with Crippen LogP contribution in [0.15, 0.2) is 60.2 Å². The number of nitrogens with zero attached hydrogens (tertiary/aromatic N) is 3. The molecule has 1 amide bonds. The number of pyridine rings is 1. The predicted octanol–water partition coefficient (Wildman–Crippen LogP) is 5.27. The van der Waals surface area contributed by atoms with Crippen molar-refractivity contribution < 1.29 is 4.79 Å². The number of fused-ring (bicyclic) bond motifs is 2. The van der Waals surface area contributed by atoms with Gasteiger partial charge in [0, 0.05) is 41.8 Å². The number of para-hydroxylation sites is 1. The maximum atomic E-state index is 13.7. The van der Waals surface area contributed by atoms with Gasteiger partial charge in [0.25, 0.3) is 5.91 Å². The summed E-state index contributed by atoms with van der Waals surface area (Å²) < 4.78 is 2.03. The summed E-state index contributed by atoms with van der Waals surface area (Å²) in [6.07, 6.45) is 5.39. The first-order valence-corrected chi connectivity index (χ1v) is 10.9. The summed E-state index contributed by atoms with van der Waals surface area (Å²) in [7, 11) is 1.99. The van der Waals surface area contributed by atoms with Crippen LogP contribution in [0.4, 0.5) is 0 Å². The summed E-state index contributed by atoms with van der Waals surface area (Å²) in [6, 6.07) is 14.1. The van der Waals surface area contributed by atoms with Gasteiger partial charge in [0.05, 0.1) is 11.6 Å². The fourth-order valence-electron chi connectivity index (χ4n) is 4.25. The van der Waals surface area contributed by atoms with Gasteiger partial charge in [-0.2, -0.15) is 0 Å². The molecule has 4 heterocycles. The minimum atomic E-state index is 0.00759. The first-order chi connectivity index (χ1) is 14.1. The maximum absolute atomic E-state index is 13.7. The Balaban J connectivity index is 1.55. The molecule has 146 valence electrons. The molecule has 0 fully saturated rings. The minimum absolute atomic E-state index is 0.00759. The monoisotopic (exact) mass is 421 g/mol. The van der Waals surface area contributed by atoms with Gasteiger partial charge in [-0.05, 0) is 47.5 Å². The molecule has 0 N–H and O–H groups in total. The third-order valence-electron chi connectivity index (χ3n) is 5.69. The van der Waals surface area contributed by atoms with E-state index < -0.39 is 0 Å². The van der Waals surface area contributed by atoms with E-state index in [1.807, 2.05) is 59.2 Å². The lowest BCUT2D eigenvalue weighted by atomic mass is 9.95. The summed E-state index contributed by atoms with van der Waals surface area (Å²) in [6.45, 7) is 0.720. The predicted molar refractivity (Wildman–Crippen MR) is 118 cm³/mol. The van der Waals surface area contributed by atoms with Crippen molar-refractivity contribution in [3.05, 3.63) is 87.0 Å². The minimum Gasteiger partial charge on any atom is -0.350 e. The van der Waals surface area contributed by atoms with E-state index in [1.54, 1.807) is 11.3 Å². The van der Waals surface area contributed by atoms with Gasteiger partial charge < -0.3 is 9.47 Å². The first-order valence-electron chi connectivity index (χ1n) is 9.63. The van der Waals surface area contributed by atoms with Gasteiger partial charge in [-0.3, -0.25) is 4.79 Å². The summed E-state index contributed by atoms with van der Waals surface area (Å²) in [4.78, 5) is 21.2. The first kappa shape index (κ1) is 18.4. The number of carbonyl (C=O) groups is 1. The Morgan fingerprint density at radius 2 is 2.10 bits per heavy atom. The van der Waals surface area contributed by atoms with Crippen LogP contribution in [0.2, 0.25) is 5.15 Å². The van der Waals surface area contributed by atoms with Crippen LogP contribution in [-0.4, -0.2) is 26.9 Å². The number of amides is 1. The molecule has 6 heteroatoms. The molecule has 1 aliphatic heterocycles. The normalized spacial score (nSPS) is 16.2. The molecule has 5 rings (SSSR count). The SMILES string of the molecule is Cn1cc(C(=O)N2CCc3ccsc3C2Cc2ccc(Cl)nc2)c2ccccc21. The topological polar surface area (TPSA) is 38.1 Å². The average molecular weight is 422 g/mol. The molecular formula is C23H20ClN3OS. The average Bonchev–Trinajstić information content (AvgIpc) is 3.35. The molecular weight excluding hydrogens is 402 g/mol. The number of carbonyl (C=O) groups excluding carboxylic acids is 1. The molecule has 1 aromatic carbocycles. The van der Waals surface area contributed by atoms with Gasteiger partial charge in [-0.1, -0.05) is 35.9 Å². The van der Waals surface area contributed by atoms with Crippen LogP contribution < -0.4 is 0 Å². The Labute approximate surface area is 178 Å². The molecule has 4 nitrogen and oxygen atoms in total. The van der Waals surface area contributed by atoms with E-state index in [4.69, 9.17) is 11.6 Å². The molecule has 1 aliphatic rings. The Morgan fingerprint density at radius 3 is 2.93 bits per heavy atom. The summed E-state index contributed by atoms with van der Waals surface area (Å²) in [5.41, 5.74) is 4.27. The third kappa shape index (κ3) is 3.24. The second-order valence-corrected chi connectivity index (χ2v) is 8.77. The van der Waals surface area contributed by atoms with Gasteiger partial charge >= 0.3 is 0 Å². The Bertz CT molecular complexity index is 1190. The van der Waals surface area contributed by atoms with E-state index >= 15 is 0 Å². The largest absolute Gasteiger partial charge is 0.350 e. The van der Waals surface area contributed by atoms with Crippen molar-refractivity contribution in [2.24, 2.45) is 7.05 Å². The highest BCUT2D eigenvalue weighted by Gasteiger charge is 2.33. The highest BCUT2D eigenvalue weighted by atomic mass is 35.5. The number of halogens is 1. The standard InChI is InChI=1S/C23H20ClN3OS/c1-26-14-18(17-4-2-3-5-19(17)26)23(28)27-10-8-16-9-11-29-22(16)20(27)12-15-6-7-21(24)25-13-15/h2-7,9,11,13-14,20H,8,10,12H2,1H3. The number of aryl methyl sites for hydroxylation is 1. The number of rotatable bonds is 3. The molecule has 0 saturated heterocycles. The zero-order chi connectivity index (χ0) is 20.0. The second kappa shape index (κ2) is 7.32. The van der Waals surface area contributed by atoms with Crippen LogP contribution in [0, 0.1) is 0 Å². The molecule has 4 aromatic rings. The number of aromatic nitrogens is 2. The Hall–Kier alpha value is -2.63. The third-order valence-corrected chi connectivity index (χ3v) is 6.97. The molecule has 29 heavy (non-hydrogen) atoms. The van der Waals surface area contributed by atoms with Crippen LogP contribution in [-0.2, 0) is 19.9 Å². The van der Waals surface area contributed by atoms with E-state index in [-0.39, 0.29) is 11.9 Å². The lowest BCUT2D eigenvalue weighted by Crippen LogP contribution is -2.40. The van der Waals surface area contributed by atoms with Crippen LogP contribution in [0.1, 0.15) is 32.4 Å². The molecule has 0 bridgehead atoms. The van der Waals surface area contributed by atoms with Crippen molar-refractivity contribution in [3.8, 4) is 0 Å². The van der Waals surface area contributed by atoms with E-state index in [2.05, 4.69) is 22.5 Å². The highest BCUT2D eigenvalue weighted by Crippen LogP contribution is 2.37. The number of thiophene rings is 1. The van der Waals surface area contributed by atoms with E-state index in [9.17, 15) is 4.79 Å². The quantitative estimate of drug-likeness (QED) is 0.422. The second-order valence-electron chi connectivity index (χ2n) is 7.44. The van der Waals surface area contributed by atoms with Gasteiger partial charge in [-0.25, -0.2) is 4.98 Å². The highest BCUT2D eigenvalue weighted by molar-refractivity contribution is 7.10. The summed E-state index contributed by atoms with van der Waals surface area (Å²) in [5.74, 6) is 0.0905. The van der Waals surface area contributed by atoms with E-state index in [1.165, 1.54) is 10.4 Å². The number of hydrogen-bond acceptors (Lipinski definition) is 3. The fraction of sp³-hybridized carbons (Fsp3) is 0.217. The molecule has 1 unspecified atom stereocenters. The molecule has 1 atom stereocenters. The molecule has 0 saturated carbocycles. The smallest absolute Gasteiger partial charge is 0.256 e. The van der Waals surface area contributed by atoms with Gasteiger partial charge in [0.15, 0.2) is 0 Å². The molecule has 0 aliphatic carbocycles. The maximum Gasteiger partial charge on any atom is 0.256 e. The summed E-state index contributed by atoms with van der Waals surface area (Å²) in [5, 5.41) is 3.62. The van der Waals surface area contributed by atoms with Crippen molar-refractivity contribution in [3.63, 3.8) is 0 Å².